The second kappa shape index (κ2) is 7.38. The van der Waals surface area contributed by atoms with Gasteiger partial charge in [-0.15, -0.1) is 15.3 Å². The van der Waals surface area contributed by atoms with E-state index in [2.05, 4.69) is 30.2 Å². The van der Waals surface area contributed by atoms with E-state index in [0.29, 0.717) is 35.8 Å². The number of aryl methyl sites for hydroxylation is 1. The predicted octanol–water partition coefficient (Wildman–Crippen LogP) is 1.99. The molecular weight excluding hydrogens is 399 g/mol. The van der Waals surface area contributed by atoms with Crippen LogP contribution >= 0.6 is 0 Å². The van der Waals surface area contributed by atoms with Gasteiger partial charge < -0.3 is 9.80 Å². The normalized spacial score (nSPS) is 14.0. The van der Waals surface area contributed by atoms with Crippen molar-refractivity contribution in [1.82, 2.24) is 34.7 Å². The number of hydrogen-bond donors (Lipinski definition) is 0. The molecule has 0 N–H and O–H groups in total. The van der Waals surface area contributed by atoms with Gasteiger partial charge in [-0.05, 0) is 31.2 Å². The van der Waals surface area contributed by atoms with Crippen molar-refractivity contribution < 1.29 is 9.18 Å². The van der Waals surface area contributed by atoms with Gasteiger partial charge >= 0.3 is 0 Å². The van der Waals surface area contributed by atoms with E-state index in [9.17, 15) is 9.18 Å². The summed E-state index contributed by atoms with van der Waals surface area (Å²) in [5.41, 5.74) is 2.27. The lowest BCUT2D eigenvalue weighted by atomic mass is 10.1. The monoisotopic (exact) mass is 418 g/mol. The first-order valence-electron chi connectivity index (χ1n) is 9.79. The van der Waals surface area contributed by atoms with Crippen LogP contribution in [0.15, 0.2) is 48.8 Å². The number of likely N-dealkylation sites (N-methyl/N-ethyl adjacent to an activating group) is 1. The molecule has 0 aliphatic carbocycles. The summed E-state index contributed by atoms with van der Waals surface area (Å²) in [6, 6.07) is 9.90. The Balaban J connectivity index is 1.33. The Kier molecular flexibility index (Phi) is 4.54. The van der Waals surface area contributed by atoms with E-state index in [-0.39, 0.29) is 17.8 Å². The van der Waals surface area contributed by atoms with Crippen LogP contribution in [0.25, 0.3) is 17.0 Å². The number of carbonyl (C=O) groups is 1. The molecular formula is C21H19FN8O. The van der Waals surface area contributed by atoms with Gasteiger partial charge in [-0.25, -0.2) is 9.37 Å². The number of halogens is 1. The molecule has 1 aliphatic heterocycles. The maximum atomic E-state index is 13.6. The lowest BCUT2D eigenvalue weighted by Gasteiger charge is -2.44. The third-order valence-corrected chi connectivity index (χ3v) is 5.39. The number of aromatic nitrogens is 6. The van der Waals surface area contributed by atoms with Gasteiger partial charge in [0, 0.05) is 31.9 Å². The van der Waals surface area contributed by atoms with Gasteiger partial charge in [-0.3, -0.25) is 9.78 Å². The van der Waals surface area contributed by atoms with Crippen molar-refractivity contribution in [2.75, 3.05) is 25.0 Å². The fourth-order valence-corrected chi connectivity index (χ4v) is 3.49. The van der Waals surface area contributed by atoms with Crippen molar-refractivity contribution in [3.05, 3.63) is 66.0 Å². The Bertz CT molecular complexity index is 1270. The summed E-state index contributed by atoms with van der Waals surface area (Å²) in [7, 11) is 1.77. The Morgan fingerprint density at radius 2 is 1.97 bits per heavy atom. The minimum Gasteiger partial charge on any atom is -0.351 e. The molecule has 0 unspecified atom stereocenters. The first-order valence-corrected chi connectivity index (χ1v) is 9.79. The highest BCUT2D eigenvalue weighted by atomic mass is 19.1. The number of rotatable bonds is 4. The van der Waals surface area contributed by atoms with E-state index in [0.717, 1.165) is 11.5 Å². The van der Waals surface area contributed by atoms with Crippen LogP contribution in [0.5, 0.6) is 0 Å². The van der Waals surface area contributed by atoms with Gasteiger partial charge in [0.2, 0.25) is 0 Å². The molecule has 4 aromatic rings. The van der Waals surface area contributed by atoms with E-state index in [4.69, 9.17) is 0 Å². The second-order valence-corrected chi connectivity index (χ2v) is 7.51. The van der Waals surface area contributed by atoms with Crippen LogP contribution in [0, 0.1) is 12.7 Å². The molecule has 4 heterocycles. The van der Waals surface area contributed by atoms with Crippen LogP contribution in [0.2, 0.25) is 0 Å². The number of carbonyl (C=O) groups excluding carboxylic acids is 1. The topological polar surface area (TPSA) is 92.4 Å². The fourth-order valence-electron chi connectivity index (χ4n) is 3.49. The second-order valence-electron chi connectivity index (χ2n) is 7.51. The number of fused-ring (bicyclic) bond motifs is 1. The highest BCUT2D eigenvalue weighted by Gasteiger charge is 2.34. The molecule has 1 saturated heterocycles. The van der Waals surface area contributed by atoms with Crippen LogP contribution in [0.1, 0.15) is 16.2 Å². The van der Waals surface area contributed by atoms with Crippen LogP contribution in [-0.2, 0) is 0 Å². The third kappa shape index (κ3) is 3.45. The molecule has 1 amide bonds. The summed E-state index contributed by atoms with van der Waals surface area (Å²) in [6.07, 6.45) is 3.09. The quantitative estimate of drug-likeness (QED) is 0.500. The van der Waals surface area contributed by atoms with Crippen molar-refractivity contribution in [2.45, 2.75) is 13.0 Å². The number of amides is 1. The van der Waals surface area contributed by atoms with Crippen LogP contribution in [0.4, 0.5) is 10.2 Å². The van der Waals surface area contributed by atoms with Crippen molar-refractivity contribution in [2.24, 2.45) is 0 Å². The number of nitrogens with zero attached hydrogens (tertiary/aromatic N) is 8. The molecule has 0 atom stereocenters. The Morgan fingerprint density at radius 3 is 2.71 bits per heavy atom. The third-order valence-electron chi connectivity index (χ3n) is 5.39. The molecule has 0 bridgehead atoms. The molecule has 31 heavy (non-hydrogen) atoms. The first kappa shape index (κ1) is 19.0. The zero-order chi connectivity index (χ0) is 21.5. The Hall–Kier alpha value is -3.95. The van der Waals surface area contributed by atoms with Crippen LogP contribution in [-0.4, -0.2) is 66.8 Å². The highest BCUT2D eigenvalue weighted by molar-refractivity contribution is 5.92. The summed E-state index contributed by atoms with van der Waals surface area (Å²) >= 11 is 0. The largest absolute Gasteiger partial charge is 0.351 e. The lowest BCUT2D eigenvalue weighted by Crippen LogP contribution is -2.60. The van der Waals surface area contributed by atoms with Crippen molar-refractivity contribution in [1.29, 1.82) is 0 Å². The summed E-state index contributed by atoms with van der Waals surface area (Å²) in [5.74, 6) is 0.700. The van der Waals surface area contributed by atoms with Gasteiger partial charge in [-0.2, -0.15) is 4.52 Å². The van der Waals surface area contributed by atoms with E-state index >= 15 is 0 Å². The van der Waals surface area contributed by atoms with Crippen molar-refractivity contribution >= 4 is 17.4 Å². The molecule has 0 radical (unpaired) electrons. The number of anilines is 1. The van der Waals surface area contributed by atoms with Crippen molar-refractivity contribution in [3.63, 3.8) is 0 Å². The van der Waals surface area contributed by atoms with Gasteiger partial charge in [0.25, 0.3) is 5.91 Å². The maximum Gasteiger partial charge on any atom is 0.274 e. The molecule has 1 fully saturated rings. The average molecular weight is 418 g/mol. The minimum absolute atomic E-state index is 0.0386. The van der Waals surface area contributed by atoms with E-state index in [1.807, 2.05) is 19.1 Å². The number of benzene rings is 1. The molecule has 5 rings (SSSR count). The summed E-state index contributed by atoms with van der Waals surface area (Å²) in [4.78, 5) is 24.7. The molecule has 1 aliphatic rings. The van der Waals surface area contributed by atoms with Crippen LogP contribution < -0.4 is 4.90 Å². The molecule has 0 spiro atoms. The Morgan fingerprint density at radius 1 is 1.13 bits per heavy atom. The van der Waals surface area contributed by atoms with Gasteiger partial charge in [0.15, 0.2) is 11.5 Å². The van der Waals surface area contributed by atoms with E-state index in [1.54, 1.807) is 34.8 Å². The molecule has 0 saturated carbocycles. The van der Waals surface area contributed by atoms with E-state index in [1.165, 1.54) is 18.3 Å². The summed E-state index contributed by atoms with van der Waals surface area (Å²) in [5, 5.41) is 12.9. The minimum atomic E-state index is -0.345. The molecule has 156 valence electrons. The lowest BCUT2D eigenvalue weighted by molar-refractivity contribution is 0.0698. The molecule has 3 aromatic heterocycles. The Labute approximate surface area is 177 Å². The smallest absolute Gasteiger partial charge is 0.274 e. The number of hydrogen-bond acceptors (Lipinski definition) is 7. The first-order chi connectivity index (χ1) is 15.0. The molecule has 10 heteroatoms. The van der Waals surface area contributed by atoms with Gasteiger partial charge in [0.1, 0.15) is 17.3 Å². The maximum absolute atomic E-state index is 13.6. The predicted molar refractivity (Wildman–Crippen MR) is 111 cm³/mol. The fraction of sp³-hybridized carbons (Fsp3) is 0.238. The van der Waals surface area contributed by atoms with Gasteiger partial charge in [0.05, 0.1) is 17.9 Å². The van der Waals surface area contributed by atoms with E-state index < -0.39 is 0 Å². The zero-order valence-electron chi connectivity index (χ0n) is 17.0. The molecule has 9 nitrogen and oxygen atoms in total. The standard InChI is InChI=1S/C21H19FN8O/c1-13-9-24-17(10-23-13)21(31)28(2)16-11-29(12-16)19-7-6-18-25-26-20(30(18)27-19)14-4-3-5-15(22)8-14/h3-10,16H,11-12H2,1-2H3. The van der Waals surface area contributed by atoms with Crippen molar-refractivity contribution in [3.8, 4) is 11.4 Å². The SMILES string of the molecule is Cc1cnc(C(=O)N(C)C2CN(c3ccc4nnc(-c5cccc(F)c5)n4n3)C2)cn1. The summed E-state index contributed by atoms with van der Waals surface area (Å²) < 4.78 is 15.2. The van der Waals surface area contributed by atoms with Crippen LogP contribution in [0.3, 0.4) is 0 Å². The van der Waals surface area contributed by atoms with Gasteiger partial charge in [-0.1, -0.05) is 12.1 Å². The zero-order valence-corrected chi connectivity index (χ0v) is 17.0. The highest BCUT2D eigenvalue weighted by Crippen LogP contribution is 2.24. The summed E-state index contributed by atoms with van der Waals surface area (Å²) in [6.45, 7) is 3.10. The average Bonchev–Trinajstić information content (AvgIpc) is 3.16. The molecule has 1 aromatic carbocycles.